The minimum Gasteiger partial charge on any atom is -0.468 e. The van der Waals surface area contributed by atoms with Crippen LogP contribution < -0.4 is 5.73 Å². The highest BCUT2D eigenvalue weighted by atomic mass is 35.5. The molecule has 3 rings (SSSR count). The van der Waals surface area contributed by atoms with Crippen LogP contribution in [0.3, 0.4) is 0 Å². The van der Waals surface area contributed by atoms with Crippen LogP contribution in [-0.4, -0.2) is 15.9 Å². The molecule has 5 heteroatoms. The molecule has 0 aliphatic heterocycles. The lowest BCUT2D eigenvalue weighted by Crippen LogP contribution is -2.25. The summed E-state index contributed by atoms with van der Waals surface area (Å²) in [6, 6.07) is 10.3. The van der Waals surface area contributed by atoms with Gasteiger partial charge in [0.05, 0.1) is 12.8 Å². The molecule has 0 unspecified atom stereocenters. The summed E-state index contributed by atoms with van der Waals surface area (Å²) in [4.78, 5) is 2.78. The van der Waals surface area contributed by atoms with Crippen molar-refractivity contribution in [1.82, 2.24) is 4.90 Å². The van der Waals surface area contributed by atoms with Gasteiger partial charge in [0.25, 0.3) is 0 Å². The molecule has 1 aliphatic carbocycles. The topological polar surface area (TPSA) is 42.4 Å². The molecule has 1 saturated carbocycles. The van der Waals surface area contributed by atoms with E-state index >= 15 is 0 Å². The molecule has 0 radical (unpaired) electrons. The van der Waals surface area contributed by atoms with Gasteiger partial charge in [0.2, 0.25) is 0 Å². The predicted octanol–water partition coefficient (Wildman–Crippen LogP) is 3.73. The van der Waals surface area contributed by atoms with Gasteiger partial charge in [-0.2, -0.15) is 0 Å². The number of hydrogen-bond acceptors (Lipinski definition) is 3. The second kappa shape index (κ2) is 6.18. The first-order chi connectivity index (χ1) is 10.1. The van der Waals surface area contributed by atoms with Gasteiger partial charge in [0.15, 0.2) is 0 Å². The van der Waals surface area contributed by atoms with Crippen molar-refractivity contribution in [1.29, 1.82) is 0 Å². The monoisotopic (exact) mass is 320 g/mol. The van der Waals surface area contributed by atoms with E-state index in [0.717, 1.165) is 30.0 Å². The van der Waals surface area contributed by atoms with Crippen LogP contribution in [0.15, 0.2) is 41.0 Å². The molecule has 1 aliphatic rings. The van der Waals surface area contributed by atoms with Crippen molar-refractivity contribution in [3.8, 4) is 0 Å². The van der Waals surface area contributed by atoms with Crippen molar-refractivity contribution in [2.24, 2.45) is 5.73 Å². The van der Waals surface area contributed by atoms with Gasteiger partial charge in [-0.15, -0.1) is 0 Å². The average Bonchev–Trinajstić information content (AvgIpc) is 3.18. The van der Waals surface area contributed by atoms with Gasteiger partial charge in [-0.25, -0.2) is 0 Å². The second-order valence-corrected chi connectivity index (χ2v) is 6.23. The SMILES string of the molecule is NC(=S)c1ccc(CN(Cc2ccco2)C2CC2)c(Cl)c1. The summed E-state index contributed by atoms with van der Waals surface area (Å²) in [7, 11) is 0. The largest absolute Gasteiger partial charge is 0.468 e. The minimum absolute atomic E-state index is 0.373. The molecule has 1 aromatic carbocycles. The first-order valence-corrected chi connectivity index (χ1v) is 7.77. The van der Waals surface area contributed by atoms with Crippen molar-refractivity contribution in [2.45, 2.75) is 32.0 Å². The smallest absolute Gasteiger partial charge is 0.117 e. The molecule has 3 nitrogen and oxygen atoms in total. The Morgan fingerprint density at radius 1 is 1.33 bits per heavy atom. The summed E-state index contributed by atoms with van der Waals surface area (Å²) in [6.45, 7) is 1.62. The number of nitrogens with two attached hydrogens (primary N) is 1. The zero-order valence-corrected chi connectivity index (χ0v) is 13.2. The van der Waals surface area contributed by atoms with Crippen LogP contribution in [0.25, 0.3) is 0 Å². The number of nitrogens with zero attached hydrogens (tertiary/aromatic N) is 1. The molecule has 0 amide bonds. The van der Waals surface area contributed by atoms with Crippen LogP contribution in [0.2, 0.25) is 5.02 Å². The lowest BCUT2D eigenvalue weighted by molar-refractivity contribution is 0.225. The first-order valence-electron chi connectivity index (χ1n) is 6.98. The van der Waals surface area contributed by atoms with Crippen molar-refractivity contribution in [2.75, 3.05) is 0 Å². The van der Waals surface area contributed by atoms with Crippen LogP contribution in [0.1, 0.15) is 29.7 Å². The fourth-order valence-electron chi connectivity index (χ4n) is 2.40. The average molecular weight is 321 g/mol. The Morgan fingerprint density at radius 3 is 2.71 bits per heavy atom. The van der Waals surface area contributed by atoms with Crippen molar-refractivity contribution in [3.63, 3.8) is 0 Å². The van der Waals surface area contributed by atoms with E-state index in [-0.39, 0.29) is 0 Å². The summed E-state index contributed by atoms with van der Waals surface area (Å²) >= 11 is 11.3. The van der Waals surface area contributed by atoms with Gasteiger partial charge >= 0.3 is 0 Å². The molecular weight excluding hydrogens is 304 g/mol. The normalized spacial score (nSPS) is 14.6. The zero-order valence-electron chi connectivity index (χ0n) is 11.6. The van der Waals surface area contributed by atoms with E-state index < -0.39 is 0 Å². The number of furan rings is 1. The van der Waals surface area contributed by atoms with Crippen LogP contribution in [-0.2, 0) is 13.1 Å². The fraction of sp³-hybridized carbons (Fsp3) is 0.312. The molecular formula is C16H17ClN2OS. The molecule has 1 fully saturated rings. The second-order valence-electron chi connectivity index (χ2n) is 5.39. The first kappa shape index (κ1) is 14.6. The van der Waals surface area contributed by atoms with E-state index in [2.05, 4.69) is 4.90 Å². The Kier molecular flexibility index (Phi) is 4.29. The lowest BCUT2D eigenvalue weighted by atomic mass is 10.1. The maximum atomic E-state index is 6.36. The molecule has 2 N–H and O–H groups in total. The molecule has 1 aromatic heterocycles. The summed E-state index contributed by atoms with van der Waals surface area (Å²) in [6.07, 6.45) is 4.19. The quantitative estimate of drug-likeness (QED) is 0.823. The minimum atomic E-state index is 0.373. The molecule has 0 spiro atoms. The lowest BCUT2D eigenvalue weighted by Gasteiger charge is -2.21. The van der Waals surface area contributed by atoms with Crippen molar-refractivity contribution >= 4 is 28.8 Å². The maximum absolute atomic E-state index is 6.36. The molecule has 1 heterocycles. The highest BCUT2D eigenvalue weighted by molar-refractivity contribution is 7.80. The van der Waals surface area contributed by atoms with Crippen LogP contribution in [0, 0.1) is 0 Å². The Hall–Kier alpha value is -1.36. The van der Waals surface area contributed by atoms with E-state index in [1.807, 2.05) is 30.3 Å². The van der Waals surface area contributed by atoms with Crippen molar-refractivity contribution < 1.29 is 4.42 Å². The summed E-state index contributed by atoms with van der Waals surface area (Å²) in [5.41, 5.74) is 7.53. The number of rotatable bonds is 6. The fourth-order valence-corrected chi connectivity index (χ4v) is 2.77. The Balaban J connectivity index is 1.75. The number of halogens is 1. The van der Waals surface area contributed by atoms with Gasteiger partial charge in [-0.3, -0.25) is 4.90 Å². The molecule has 110 valence electrons. The van der Waals surface area contributed by atoms with Gasteiger partial charge in [0, 0.05) is 23.2 Å². The third-order valence-electron chi connectivity index (χ3n) is 3.71. The van der Waals surface area contributed by atoms with Gasteiger partial charge < -0.3 is 10.2 Å². The third-order valence-corrected chi connectivity index (χ3v) is 4.30. The van der Waals surface area contributed by atoms with E-state index in [0.29, 0.717) is 16.1 Å². The van der Waals surface area contributed by atoms with Crippen LogP contribution in [0.4, 0.5) is 0 Å². The summed E-state index contributed by atoms with van der Waals surface area (Å²) < 4.78 is 5.45. The molecule has 0 saturated heterocycles. The van der Waals surface area contributed by atoms with E-state index in [4.69, 9.17) is 34.0 Å². The van der Waals surface area contributed by atoms with Crippen LogP contribution >= 0.6 is 23.8 Å². The highest BCUT2D eigenvalue weighted by Crippen LogP contribution is 2.31. The van der Waals surface area contributed by atoms with Gasteiger partial charge in [0.1, 0.15) is 10.7 Å². The van der Waals surface area contributed by atoms with E-state index in [9.17, 15) is 0 Å². The standard InChI is InChI=1S/C16H17ClN2OS/c17-15-8-11(16(18)21)3-4-12(15)9-19(13-5-6-13)10-14-2-1-7-20-14/h1-4,7-8,13H,5-6,9-10H2,(H2,18,21). The van der Waals surface area contributed by atoms with Gasteiger partial charge in [-0.05, 0) is 36.6 Å². The van der Waals surface area contributed by atoms with Crippen LogP contribution in [0.5, 0.6) is 0 Å². The Bertz CT molecular complexity index is 638. The Labute approximate surface area is 134 Å². The van der Waals surface area contributed by atoms with E-state index in [1.165, 1.54) is 12.8 Å². The Morgan fingerprint density at radius 2 is 2.14 bits per heavy atom. The molecule has 0 atom stereocenters. The summed E-state index contributed by atoms with van der Waals surface area (Å²) in [5, 5.41) is 0.713. The predicted molar refractivity (Wildman–Crippen MR) is 88.3 cm³/mol. The molecule has 21 heavy (non-hydrogen) atoms. The third kappa shape index (κ3) is 3.64. The number of benzene rings is 1. The number of thiocarbonyl (C=S) groups is 1. The summed E-state index contributed by atoms with van der Waals surface area (Å²) in [5.74, 6) is 0.984. The van der Waals surface area contributed by atoms with Gasteiger partial charge in [-0.1, -0.05) is 36.0 Å². The van der Waals surface area contributed by atoms with E-state index in [1.54, 1.807) is 6.26 Å². The number of hydrogen-bond donors (Lipinski definition) is 1. The maximum Gasteiger partial charge on any atom is 0.117 e. The zero-order chi connectivity index (χ0) is 14.8. The van der Waals surface area contributed by atoms with Crippen molar-refractivity contribution in [3.05, 3.63) is 58.5 Å². The molecule has 2 aromatic rings. The molecule has 0 bridgehead atoms. The highest BCUT2D eigenvalue weighted by Gasteiger charge is 2.29.